The fourth-order valence-electron chi connectivity index (χ4n) is 2.74. The molecule has 0 aromatic heterocycles. The van der Waals surface area contributed by atoms with Gasteiger partial charge in [-0.25, -0.2) is 0 Å². The molecule has 1 atom stereocenters. The minimum Gasteiger partial charge on any atom is -0.358 e. The van der Waals surface area contributed by atoms with Crippen molar-refractivity contribution in [2.75, 3.05) is 24.5 Å². The molecule has 4 heteroatoms. The molecule has 21 heavy (non-hydrogen) atoms. The van der Waals surface area contributed by atoms with E-state index in [1.807, 2.05) is 6.92 Å². The highest BCUT2D eigenvalue weighted by atomic mass is 16.2. The number of rotatable bonds is 5. The van der Waals surface area contributed by atoms with Gasteiger partial charge in [-0.15, -0.1) is 0 Å². The first-order chi connectivity index (χ1) is 9.99. The number of hydrogen-bond acceptors (Lipinski definition) is 3. The molecule has 1 fully saturated rings. The third-order valence-electron chi connectivity index (χ3n) is 3.91. The number of nitrogens with one attached hydrogen (secondary N) is 2. The number of aryl methyl sites for hydroxylation is 1. The van der Waals surface area contributed by atoms with Crippen LogP contribution in [0.2, 0.25) is 0 Å². The SMILES string of the molecule is Cc1ccc(N2CCNC(=O)C2C)c(CNCC(C)C)c1. The molecule has 1 aromatic rings. The predicted molar refractivity (Wildman–Crippen MR) is 87.5 cm³/mol. The fraction of sp³-hybridized carbons (Fsp3) is 0.588. The van der Waals surface area contributed by atoms with E-state index in [1.165, 1.54) is 16.8 Å². The van der Waals surface area contributed by atoms with Crippen LogP contribution in [0.5, 0.6) is 0 Å². The first-order valence-corrected chi connectivity index (χ1v) is 7.83. The van der Waals surface area contributed by atoms with Crippen molar-refractivity contribution >= 4 is 11.6 Å². The molecule has 2 N–H and O–H groups in total. The summed E-state index contributed by atoms with van der Waals surface area (Å²) in [6.45, 7) is 11.9. The number of nitrogens with zero attached hydrogens (tertiary/aromatic N) is 1. The summed E-state index contributed by atoms with van der Waals surface area (Å²) in [5.41, 5.74) is 3.71. The molecule has 1 heterocycles. The van der Waals surface area contributed by atoms with Crippen LogP contribution in [0.3, 0.4) is 0 Å². The maximum atomic E-state index is 11.9. The highest BCUT2D eigenvalue weighted by molar-refractivity contribution is 5.86. The van der Waals surface area contributed by atoms with E-state index in [0.717, 1.165) is 26.2 Å². The fourth-order valence-corrected chi connectivity index (χ4v) is 2.74. The molecule has 0 aliphatic carbocycles. The summed E-state index contributed by atoms with van der Waals surface area (Å²) in [5, 5.41) is 6.43. The first-order valence-electron chi connectivity index (χ1n) is 7.83. The molecule has 116 valence electrons. The highest BCUT2D eigenvalue weighted by Crippen LogP contribution is 2.25. The minimum absolute atomic E-state index is 0.106. The van der Waals surface area contributed by atoms with Gasteiger partial charge in [-0.1, -0.05) is 31.5 Å². The average molecular weight is 289 g/mol. The van der Waals surface area contributed by atoms with Crippen molar-refractivity contribution < 1.29 is 4.79 Å². The molecule has 1 aromatic carbocycles. The van der Waals surface area contributed by atoms with Crippen LogP contribution in [0.4, 0.5) is 5.69 Å². The van der Waals surface area contributed by atoms with Gasteiger partial charge in [0.15, 0.2) is 0 Å². The molecule has 1 amide bonds. The van der Waals surface area contributed by atoms with Crippen LogP contribution in [-0.2, 0) is 11.3 Å². The highest BCUT2D eigenvalue weighted by Gasteiger charge is 2.26. The predicted octanol–water partition coefficient (Wildman–Crippen LogP) is 2.07. The van der Waals surface area contributed by atoms with E-state index in [4.69, 9.17) is 0 Å². The molecular weight excluding hydrogens is 262 g/mol. The van der Waals surface area contributed by atoms with E-state index in [1.54, 1.807) is 0 Å². The van der Waals surface area contributed by atoms with Gasteiger partial charge in [0.05, 0.1) is 0 Å². The van der Waals surface area contributed by atoms with Crippen LogP contribution in [0.25, 0.3) is 0 Å². The normalized spacial score (nSPS) is 19.0. The first kappa shape index (κ1) is 15.8. The van der Waals surface area contributed by atoms with Gasteiger partial charge in [0, 0.05) is 25.3 Å². The summed E-state index contributed by atoms with van der Waals surface area (Å²) in [6, 6.07) is 6.39. The number of hydrogen-bond donors (Lipinski definition) is 2. The molecule has 1 unspecified atom stereocenters. The van der Waals surface area contributed by atoms with Gasteiger partial charge in [-0.3, -0.25) is 4.79 Å². The van der Waals surface area contributed by atoms with E-state index >= 15 is 0 Å². The number of anilines is 1. The lowest BCUT2D eigenvalue weighted by atomic mass is 10.0. The molecule has 1 aliphatic heterocycles. The zero-order chi connectivity index (χ0) is 15.4. The Labute approximate surface area is 127 Å². The van der Waals surface area contributed by atoms with Crippen molar-refractivity contribution in [3.8, 4) is 0 Å². The van der Waals surface area contributed by atoms with Crippen molar-refractivity contribution in [1.82, 2.24) is 10.6 Å². The van der Waals surface area contributed by atoms with E-state index in [-0.39, 0.29) is 11.9 Å². The lowest BCUT2D eigenvalue weighted by molar-refractivity contribution is -0.122. The monoisotopic (exact) mass is 289 g/mol. The van der Waals surface area contributed by atoms with Crippen molar-refractivity contribution in [2.45, 2.75) is 40.3 Å². The van der Waals surface area contributed by atoms with Gasteiger partial charge < -0.3 is 15.5 Å². The smallest absolute Gasteiger partial charge is 0.242 e. The largest absolute Gasteiger partial charge is 0.358 e. The molecule has 0 radical (unpaired) electrons. The Bertz CT molecular complexity index is 499. The van der Waals surface area contributed by atoms with E-state index < -0.39 is 0 Å². The van der Waals surface area contributed by atoms with E-state index in [9.17, 15) is 4.79 Å². The second kappa shape index (κ2) is 6.94. The van der Waals surface area contributed by atoms with Crippen LogP contribution in [0, 0.1) is 12.8 Å². The number of benzene rings is 1. The van der Waals surface area contributed by atoms with Crippen LogP contribution in [0.15, 0.2) is 18.2 Å². The Hall–Kier alpha value is -1.55. The van der Waals surface area contributed by atoms with Crippen molar-refractivity contribution in [1.29, 1.82) is 0 Å². The van der Waals surface area contributed by atoms with E-state index in [0.29, 0.717) is 5.92 Å². The molecule has 0 spiro atoms. The Kier molecular flexibility index (Phi) is 5.23. The Morgan fingerprint density at radius 3 is 2.90 bits per heavy atom. The summed E-state index contributed by atoms with van der Waals surface area (Å²) in [6.07, 6.45) is 0. The van der Waals surface area contributed by atoms with Gasteiger partial charge >= 0.3 is 0 Å². The van der Waals surface area contributed by atoms with Crippen LogP contribution in [0.1, 0.15) is 31.9 Å². The Morgan fingerprint density at radius 1 is 1.43 bits per heavy atom. The number of carbonyl (C=O) groups is 1. The van der Waals surface area contributed by atoms with Crippen LogP contribution in [-0.4, -0.2) is 31.6 Å². The third kappa shape index (κ3) is 3.97. The maximum absolute atomic E-state index is 11.9. The molecule has 0 saturated carbocycles. The number of amides is 1. The van der Waals surface area contributed by atoms with Gasteiger partial charge in [0.1, 0.15) is 6.04 Å². The average Bonchev–Trinajstić information content (AvgIpc) is 2.42. The molecule has 1 saturated heterocycles. The molecule has 4 nitrogen and oxygen atoms in total. The minimum atomic E-state index is -0.106. The lowest BCUT2D eigenvalue weighted by Gasteiger charge is -2.36. The maximum Gasteiger partial charge on any atom is 0.242 e. The molecule has 0 bridgehead atoms. The summed E-state index contributed by atoms with van der Waals surface area (Å²) >= 11 is 0. The van der Waals surface area contributed by atoms with Crippen LogP contribution < -0.4 is 15.5 Å². The molecular formula is C17H27N3O. The number of carbonyl (C=O) groups excluding carboxylic acids is 1. The lowest BCUT2D eigenvalue weighted by Crippen LogP contribution is -2.54. The second-order valence-electron chi connectivity index (χ2n) is 6.32. The Morgan fingerprint density at radius 2 is 2.19 bits per heavy atom. The van der Waals surface area contributed by atoms with Gasteiger partial charge in [0.2, 0.25) is 5.91 Å². The number of piperazine rings is 1. The summed E-state index contributed by atoms with van der Waals surface area (Å²) < 4.78 is 0. The molecule has 1 aliphatic rings. The summed E-state index contributed by atoms with van der Waals surface area (Å²) in [7, 11) is 0. The topological polar surface area (TPSA) is 44.4 Å². The standard InChI is InChI=1S/C17H27N3O/c1-12(2)10-18-11-15-9-13(3)5-6-16(15)20-8-7-19-17(21)14(20)4/h5-6,9,12,14,18H,7-8,10-11H2,1-4H3,(H,19,21). The van der Waals surface area contributed by atoms with E-state index in [2.05, 4.69) is 54.5 Å². The van der Waals surface area contributed by atoms with Gasteiger partial charge in [0.25, 0.3) is 0 Å². The third-order valence-corrected chi connectivity index (χ3v) is 3.91. The summed E-state index contributed by atoms with van der Waals surface area (Å²) in [5.74, 6) is 0.751. The summed E-state index contributed by atoms with van der Waals surface area (Å²) in [4.78, 5) is 14.1. The van der Waals surface area contributed by atoms with Crippen molar-refractivity contribution in [3.63, 3.8) is 0 Å². The second-order valence-corrected chi connectivity index (χ2v) is 6.32. The zero-order valence-corrected chi connectivity index (χ0v) is 13.6. The molecule has 2 rings (SSSR count). The van der Waals surface area contributed by atoms with Crippen molar-refractivity contribution in [3.05, 3.63) is 29.3 Å². The zero-order valence-electron chi connectivity index (χ0n) is 13.6. The van der Waals surface area contributed by atoms with Gasteiger partial charge in [-0.05, 0) is 37.9 Å². The van der Waals surface area contributed by atoms with Crippen molar-refractivity contribution in [2.24, 2.45) is 5.92 Å². The van der Waals surface area contributed by atoms with Crippen LogP contribution >= 0.6 is 0 Å². The van der Waals surface area contributed by atoms with Gasteiger partial charge in [-0.2, -0.15) is 0 Å². The quantitative estimate of drug-likeness (QED) is 0.872. The Balaban J connectivity index is 2.19.